The largest absolute Gasteiger partial charge is 0.440 e. The van der Waals surface area contributed by atoms with Crippen LogP contribution in [0.3, 0.4) is 0 Å². The zero-order valence-corrected chi connectivity index (χ0v) is 16.3. The number of rotatable bonds is 5. The average molecular weight is 411 g/mol. The standard InChI is InChI=1S/C22H16Cl2N2O2/c23-16-5-1-14(2-6-16)11-21(27)25-18-8-3-15(4-9-18)12-22-26-19-13-17(24)7-10-20(19)28-22/h1-10,13H,11-12H2,(H,25,27). The first-order valence-electron chi connectivity index (χ1n) is 8.73. The third kappa shape index (κ3) is 4.53. The summed E-state index contributed by atoms with van der Waals surface area (Å²) >= 11 is 11.8. The molecule has 6 heteroatoms. The van der Waals surface area contributed by atoms with E-state index in [0.29, 0.717) is 34.4 Å². The van der Waals surface area contributed by atoms with Gasteiger partial charge in [0.25, 0.3) is 0 Å². The minimum absolute atomic E-state index is 0.0779. The Kier molecular flexibility index (Phi) is 5.33. The molecule has 0 radical (unpaired) electrons. The summed E-state index contributed by atoms with van der Waals surface area (Å²) in [7, 11) is 0. The van der Waals surface area contributed by atoms with E-state index in [9.17, 15) is 4.79 Å². The molecule has 28 heavy (non-hydrogen) atoms. The van der Waals surface area contributed by atoms with Crippen LogP contribution in [0.2, 0.25) is 10.0 Å². The summed E-state index contributed by atoms with van der Waals surface area (Å²) in [6.45, 7) is 0. The molecule has 0 aliphatic rings. The Morgan fingerprint density at radius 2 is 1.57 bits per heavy atom. The van der Waals surface area contributed by atoms with Crippen LogP contribution in [0.4, 0.5) is 5.69 Å². The fourth-order valence-electron chi connectivity index (χ4n) is 2.90. The lowest BCUT2D eigenvalue weighted by molar-refractivity contribution is -0.115. The molecule has 4 aromatic rings. The summed E-state index contributed by atoms with van der Waals surface area (Å²) in [6, 6.07) is 20.2. The number of anilines is 1. The molecule has 1 aromatic heterocycles. The van der Waals surface area contributed by atoms with Crippen LogP contribution < -0.4 is 5.32 Å². The number of benzene rings is 3. The minimum atomic E-state index is -0.0779. The molecule has 140 valence electrons. The molecule has 0 saturated carbocycles. The Morgan fingerprint density at radius 1 is 0.893 bits per heavy atom. The molecular weight excluding hydrogens is 395 g/mol. The molecule has 1 amide bonds. The van der Waals surface area contributed by atoms with Crippen LogP contribution >= 0.6 is 23.2 Å². The number of carbonyl (C=O) groups is 1. The van der Waals surface area contributed by atoms with E-state index in [1.165, 1.54) is 0 Å². The van der Waals surface area contributed by atoms with Crippen molar-refractivity contribution in [1.82, 2.24) is 4.98 Å². The first-order chi connectivity index (χ1) is 13.5. The van der Waals surface area contributed by atoms with Gasteiger partial charge in [0.15, 0.2) is 11.5 Å². The Labute approximate surface area is 172 Å². The van der Waals surface area contributed by atoms with Crippen molar-refractivity contribution in [3.63, 3.8) is 0 Å². The highest BCUT2D eigenvalue weighted by atomic mass is 35.5. The predicted octanol–water partition coefficient (Wildman–Crippen LogP) is 5.91. The maximum absolute atomic E-state index is 12.2. The lowest BCUT2D eigenvalue weighted by Crippen LogP contribution is -2.14. The lowest BCUT2D eigenvalue weighted by Gasteiger charge is -2.06. The molecule has 4 nitrogen and oxygen atoms in total. The lowest BCUT2D eigenvalue weighted by atomic mass is 10.1. The molecule has 0 unspecified atom stereocenters. The number of oxazole rings is 1. The molecule has 1 heterocycles. The van der Waals surface area contributed by atoms with Crippen LogP contribution in [-0.2, 0) is 17.6 Å². The first-order valence-corrected chi connectivity index (χ1v) is 9.49. The minimum Gasteiger partial charge on any atom is -0.440 e. The van der Waals surface area contributed by atoms with Gasteiger partial charge in [0.2, 0.25) is 5.91 Å². The maximum Gasteiger partial charge on any atom is 0.228 e. The topological polar surface area (TPSA) is 55.1 Å². The number of hydrogen-bond acceptors (Lipinski definition) is 3. The van der Waals surface area contributed by atoms with Crippen molar-refractivity contribution in [2.24, 2.45) is 0 Å². The van der Waals surface area contributed by atoms with Gasteiger partial charge in [-0.3, -0.25) is 4.79 Å². The Hall–Kier alpha value is -2.82. The van der Waals surface area contributed by atoms with Gasteiger partial charge in [-0.25, -0.2) is 4.98 Å². The van der Waals surface area contributed by atoms with E-state index < -0.39 is 0 Å². The molecule has 4 rings (SSSR count). The van der Waals surface area contributed by atoms with E-state index in [1.54, 1.807) is 24.3 Å². The van der Waals surface area contributed by atoms with E-state index in [-0.39, 0.29) is 5.91 Å². The zero-order valence-electron chi connectivity index (χ0n) is 14.8. The van der Waals surface area contributed by atoms with Gasteiger partial charge in [0, 0.05) is 22.2 Å². The molecule has 0 bridgehead atoms. The molecule has 0 aliphatic heterocycles. The molecule has 1 N–H and O–H groups in total. The summed E-state index contributed by atoms with van der Waals surface area (Å²) in [5, 5.41) is 4.18. The summed E-state index contributed by atoms with van der Waals surface area (Å²) in [5.41, 5.74) is 4.15. The number of nitrogens with zero attached hydrogens (tertiary/aromatic N) is 1. The van der Waals surface area contributed by atoms with E-state index in [4.69, 9.17) is 27.6 Å². The van der Waals surface area contributed by atoms with Crippen molar-refractivity contribution in [1.29, 1.82) is 0 Å². The van der Waals surface area contributed by atoms with Crippen LogP contribution in [0.25, 0.3) is 11.1 Å². The first kappa shape index (κ1) is 18.5. The van der Waals surface area contributed by atoms with Gasteiger partial charge in [0.1, 0.15) is 5.52 Å². The maximum atomic E-state index is 12.2. The van der Waals surface area contributed by atoms with Crippen LogP contribution in [-0.4, -0.2) is 10.9 Å². The second kappa shape index (κ2) is 8.05. The van der Waals surface area contributed by atoms with Gasteiger partial charge in [-0.1, -0.05) is 47.5 Å². The third-order valence-corrected chi connectivity index (χ3v) is 4.75. The summed E-state index contributed by atoms with van der Waals surface area (Å²) in [5.74, 6) is 0.544. The highest BCUT2D eigenvalue weighted by Gasteiger charge is 2.08. The molecule has 0 spiro atoms. The van der Waals surface area contributed by atoms with Gasteiger partial charge in [-0.2, -0.15) is 0 Å². The number of halogens is 2. The third-order valence-electron chi connectivity index (χ3n) is 4.26. The van der Waals surface area contributed by atoms with Crippen molar-refractivity contribution < 1.29 is 9.21 Å². The molecular formula is C22H16Cl2N2O2. The molecule has 0 saturated heterocycles. The van der Waals surface area contributed by atoms with E-state index in [1.807, 2.05) is 42.5 Å². The SMILES string of the molecule is O=C(Cc1ccc(Cl)cc1)Nc1ccc(Cc2nc3cc(Cl)ccc3o2)cc1. The number of amides is 1. The quantitative estimate of drug-likeness (QED) is 0.445. The zero-order chi connectivity index (χ0) is 19.5. The highest BCUT2D eigenvalue weighted by molar-refractivity contribution is 6.31. The monoisotopic (exact) mass is 410 g/mol. The Bertz CT molecular complexity index is 1120. The number of carbonyl (C=O) groups excluding carboxylic acids is 1. The van der Waals surface area contributed by atoms with Gasteiger partial charge in [-0.15, -0.1) is 0 Å². The van der Waals surface area contributed by atoms with Gasteiger partial charge >= 0.3 is 0 Å². The fraction of sp³-hybridized carbons (Fsp3) is 0.0909. The molecule has 0 fully saturated rings. The highest BCUT2D eigenvalue weighted by Crippen LogP contribution is 2.22. The second-order valence-electron chi connectivity index (χ2n) is 6.44. The normalized spacial score (nSPS) is 10.9. The Balaban J connectivity index is 1.38. The number of aromatic nitrogens is 1. The Morgan fingerprint density at radius 3 is 2.32 bits per heavy atom. The van der Waals surface area contributed by atoms with Gasteiger partial charge < -0.3 is 9.73 Å². The summed E-state index contributed by atoms with van der Waals surface area (Å²) < 4.78 is 5.75. The fourth-order valence-corrected chi connectivity index (χ4v) is 3.19. The van der Waals surface area contributed by atoms with E-state index in [0.717, 1.165) is 22.3 Å². The van der Waals surface area contributed by atoms with Gasteiger partial charge in [-0.05, 0) is 53.6 Å². The number of nitrogens with one attached hydrogen (secondary N) is 1. The second-order valence-corrected chi connectivity index (χ2v) is 7.32. The van der Waals surface area contributed by atoms with Crippen LogP contribution in [0.15, 0.2) is 71.1 Å². The number of hydrogen-bond donors (Lipinski definition) is 1. The number of fused-ring (bicyclic) bond motifs is 1. The van der Waals surface area contributed by atoms with Crippen LogP contribution in [0.1, 0.15) is 17.0 Å². The van der Waals surface area contributed by atoms with E-state index >= 15 is 0 Å². The van der Waals surface area contributed by atoms with E-state index in [2.05, 4.69) is 10.3 Å². The molecule has 3 aromatic carbocycles. The van der Waals surface area contributed by atoms with Crippen molar-refractivity contribution in [2.45, 2.75) is 12.8 Å². The average Bonchev–Trinajstić information content (AvgIpc) is 3.06. The smallest absolute Gasteiger partial charge is 0.228 e. The summed E-state index contributed by atoms with van der Waals surface area (Å²) in [4.78, 5) is 16.7. The van der Waals surface area contributed by atoms with Crippen molar-refractivity contribution in [3.8, 4) is 0 Å². The van der Waals surface area contributed by atoms with Crippen molar-refractivity contribution >= 4 is 45.9 Å². The van der Waals surface area contributed by atoms with Crippen LogP contribution in [0, 0.1) is 0 Å². The van der Waals surface area contributed by atoms with Crippen molar-refractivity contribution in [2.75, 3.05) is 5.32 Å². The summed E-state index contributed by atoms with van der Waals surface area (Å²) in [6.07, 6.45) is 0.857. The van der Waals surface area contributed by atoms with Gasteiger partial charge in [0.05, 0.1) is 6.42 Å². The molecule has 0 atom stereocenters. The van der Waals surface area contributed by atoms with Crippen LogP contribution in [0.5, 0.6) is 0 Å². The predicted molar refractivity (Wildman–Crippen MR) is 112 cm³/mol. The van der Waals surface area contributed by atoms with Crippen molar-refractivity contribution in [3.05, 3.63) is 93.8 Å². The molecule has 0 aliphatic carbocycles.